The van der Waals surface area contributed by atoms with Gasteiger partial charge in [-0.2, -0.15) is 0 Å². The molecular formula is C11H14N4O5. The lowest BCUT2D eigenvalue weighted by Gasteiger charge is -2.33. The molecule has 0 saturated carbocycles. The highest BCUT2D eigenvalue weighted by molar-refractivity contribution is 5.99. The second kappa shape index (κ2) is 5.11. The predicted octanol–water partition coefficient (Wildman–Crippen LogP) is 0.388. The highest BCUT2D eigenvalue weighted by atomic mass is 16.6. The van der Waals surface area contributed by atoms with Gasteiger partial charge in [-0.25, -0.2) is 9.78 Å². The summed E-state index contributed by atoms with van der Waals surface area (Å²) < 4.78 is 0. The van der Waals surface area contributed by atoms with Crippen LogP contribution in [-0.2, 0) is 4.79 Å². The van der Waals surface area contributed by atoms with Gasteiger partial charge < -0.3 is 15.7 Å². The molecule has 0 aromatic carbocycles. The molecule has 0 unspecified atom stereocenters. The largest absolute Gasteiger partial charge is 0.480 e. The summed E-state index contributed by atoms with van der Waals surface area (Å²) in [4.78, 5) is 37.5. The molecule has 0 aliphatic heterocycles. The summed E-state index contributed by atoms with van der Waals surface area (Å²) in [6.45, 7) is 2.81. The first-order chi connectivity index (χ1) is 9.09. The number of aliphatic carboxylic acids is 1. The van der Waals surface area contributed by atoms with Crippen LogP contribution in [0, 0.1) is 10.1 Å². The third kappa shape index (κ3) is 2.66. The number of nitrogens with zero attached hydrogens (tertiary/aromatic N) is 3. The summed E-state index contributed by atoms with van der Waals surface area (Å²) >= 11 is 0. The number of aromatic nitrogens is 1. The standard InChI is InChI=1S/C11H14N4O5/c1-11(2,10(17)18)14(3)9-7(8(12)16)4-6(5-13-9)15(19)20/h4-5H,1-3H3,(H2,12,16)(H,17,18). The van der Waals surface area contributed by atoms with E-state index in [9.17, 15) is 19.7 Å². The summed E-state index contributed by atoms with van der Waals surface area (Å²) in [6, 6.07) is 0.971. The van der Waals surface area contributed by atoms with Crippen molar-refractivity contribution in [3.05, 3.63) is 27.9 Å². The van der Waals surface area contributed by atoms with Crippen molar-refractivity contribution < 1.29 is 19.6 Å². The smallest absolute Gasteiger partial charge is 0.328 e. The minimum atomic E-state index is -1.37. The second-order valence-corrected chi connectivity index (χ2v) is 4.61. The van der Waals surface area contributed by atoms with Crippen molar-refractivity contribution >= 4 is 23.4 Å². The van der Waals surface area contributed by atoms with Crippen LogP contribution in [0.2, 0.25) is 0 Å². The Bertz CT molecular complexity index is 584. The molecule has 1 aromatic rings. The molecule has 1 rings (SSSR count). The van der Waals surface area contributed by atoms with Gasteiger partial charge in [0.25, 0.3) is 11.6 Å². The molecule has 108 valence electrons. The zero-order chi connectivity index (χ0) is 15.7. The topological polar surface area (TPSA) is 140 Å². The molecule has 20 heavy (non-hydrogen) atoms. The minimum absolute atomic E-state index is 0.0319. The molecule has 1 aromatic heterocycles. The number of rotatable bonds is 5. The van der Waals surface area contributed by atoms with Crippen LogP contribution in [0.4, 0.5) is 11.5 Å². The van der Waals surface area contributed by atoms with E-state index in [2.05, 4.69) is 4.98 Å². The van der Waals surface area contributed by atoms with Crippen LogP contribution >= 0.6 is 0 Å². The molecule has 0 bridgehead atoms. The van der Waals surface area contributed by atoms with Gasteiger partial charge in [0, 0.05) is 13.1 Å². The normalized spacial score (nSPS) is 10.9. The Morgan fingerprint density at radius 1 is 1.50 bits per heavy atom. The van der Waals surface area contributed by atoms with E-state index in [4.69, 9.17) is 10.8 Å². The fraction of sp³-hybridized carbons (Fsp3) is 0.364. The summed E-state index contributed by atoms with van der Waals surface area (Å²) in [6.07, 6.45) is 0.941. The van der Waals surface area contributed by atoms with Gasteiger partial charge >= 0.3 is 5.97 Å². The fourth-order valence-electron chi connectivity index (χ4n) is 1.40. The number of likely N-dealkylation sites (N-methyl/N-ethyl adjacent to an activating group) is 1. The highest BCUT2D eigenvalue weighted by Gasteiger charge is 2.35. The maximum Gasteiger partial charge on any atom is 0.328 e. The first-order valence-corrected chi connectivity index (χ1v) is 5.50. The van der Waals surface area contributed by atoms with Crippen molar-refractivity contribution in [2.24, 2.45) is 5.73 Å². The Morgan fingerprint density at radius 3 is 2.45 bits per heavy atom. The lowest BCUT2D eigenvalue weighted by atomic mass is 10.0. The highest BCUT2D eigenvalue weighted by Crippen LogP contribution is 2.26. The number of hydrogen-bond donors (Lipinski definition) is 2. The number of pyridine rings is 1. The lowest BCUT2D eigenvalue weighted by molar-refractivity contribution is -0.385. The molecule has 0 radical (unpaired) electrons. The van der Waals surface area contributed by atoms with E-state index in [-0.39, 0.29) is 11.4 Å². The van der Waals surface area contributed by atoms with Gasteiger partial charge in [0.1, 0.15) is 17.6 Å². The second-order valence-electron chi connectivity index (χ2n) is 4.61. The Morgan fingerprint density at radius 2 is 2.05 bits per heavy atom. The zero-order valence-corrected chi connectivity index (χ0v) is 11.2. The van der Waals surface area contributed by atoms with Crippen molar-refractivity contribution in [3.8, 4) is 0 Å². The average Bonchev–Trinajstić information content (AvgIpc) is 2.36. The zero-order valence-electron chi connectivity index (χ0n) is 11.2. The van der Waals surface area contributed by atoms with Gasteiger partial charge in [-0.05, 0) is 13.8 Å². The monoisotopic (exact) mass is 282 g/mol. The molecular weight excluding hydrogens is 268 g/mol. The van der Waals surface area contributed by atoms with E-state index in [1.54, 1.807) is 0 Å². The van der Waals surface area contributed by atoms with Gasteiger partial charge in [0.15, 0.2) is 0 Å². The predicted molar refractivity (Wildman–Crippen MR) is 69.5 cm³/mol. The molecule has 0 saturated heterocycles. The molecule has 0 aliphatic rings. The Hall–Kier alpha value is -2.71. The van der Waals surface area contributed by atoms with Crippen molar-refractivity contribution in [2.45, 2.75) is 19.4 Å². The third-order valence-corrected chi connectivity index (χ3v) is 3.01. The summed E-state index contributed by atoms with van der Waals surface area (Å²) in [5, 5.41) is 19.8. The molecule has 0 atom stereocenters. The van der Waals surface area contributed by atoms with Gasteiger partial charge in [0.05, 0.1) is 10.5 Å². The van der Waals surface area contributed by atoms with Crippen molar-refractivity contribution in [2.75, 3.05) is 11.9 Å². The summed E-state index contributed by atoms with van der Waals surface area (Å²) in [7, 11) is 1.41. The van der Waals surface area contributed by atoms with E-state index in [0.717, 1.165) is 12.3 Å². The van der Waals surface area contributed by atoms with Crippen LogP contribution in [0.1, 0.15) is 24.2 Å². The molecule has 1 heterocycles. The third-order valence-electron chi connectivity index (χ3n) is 3.01. The van der Waals surface area contributed by atoms with Crippen LogP contribution in [0.3, 0.4) is 0 Å². The quantitative estimate of drug-likeness (QED) is 0.587. The number of nitrogens with two attached hydrogens (primary N) is 1. The number of amides is 1. The molecule has 0 spiro atoms. The number of carbonyl (C=O) groups excluding carboxylic acids is 1. The van der Waals surface area contributed by atoms with Crippen molar-refractivity contribution in [1.29, 1.82) is 0 Å². The maximum atomic E-state index is 11.4. The first-order valence-electron chi connectivity index (χ1n) is 5.50. The van der Waals surface area contributed by atoms with Crippen LogP contribution in [0.15, 0.2) is 12.3 Å². The Kier molecular flexibility index (Phi) is 3.92. The molecule has 1 amide bonds. The van der Waals surface area contributed by atoms with Gasteiger partial charge in [-0.3, -0.25) is 14.9 Å². The van der Waals surface area contributed by atoms with Crippen molar-refractivity contribution in [1.82, 2.24) is 4.98 Å². The average molecular weight is 282 g/mol. The van der Waals surface area contributed by atoms with E-state index >= 15 is 0 Å². The molecule has 9 heteroatoms. The molecule has 0 fully saturated rings. The first kappa shape index (κ1) is 15.3. The van der Waals surface area contributed by atoms with E-state index in [0.29, 0.717) is 0 Å². The summed E-state index contributed by atoms with van der Waals surface area (Å²) in [5.41, 5.74) is 3.19. The number of primary amides is 1. The Balaban J connectivity index is 3.42. The van der Waals surface area contributed by atoms with Gasteiger partial charge in [0.2, 0.25) is 0 Å². The number of anilines is 1. The van der Waals surface area contributed by atoms with Gasteiger partial charge in [-0.1, -0.05) is 0 Å². The van der Waals surface area contributed by atoms with Crippen LogP contribution in [0.25, 0.3) is 0 Å². The minimum Gasteiger partial charge on any atom is -0.480 e. The number of nitro groups is 1. The SMILES string of the molecule is CN(c1ncc([N+](=O)[O-])cc1C(N)=O)C(C)(C)C(=O)O. The fourth-order valence-corrected chi connectivity index (χ4v) is 1.40. The van der Waals surface area contributed by atoms with E-state index in [1.165, 1.54) is 25.8 Å². The van der Waals surface area contributed by atoms with Crippen LogP contribution in [0.5, 0.6) is 0 Å². The molecule has 3 N–H and O–H groups in total. The van der Waals surface area contributed by atoms with Crippen molar-refractivity contribution in [3.63, 3.8) is 0 Å². The van der Waals surface area contributed by atoms with Crippen LogP contribution in [-0.4, -0.2) is 39.5 Å². The maximum absolute atomic E-state index is 11.4. The number of hydrogen-bond acceptors (Lipinski definition) is 6. The van der Waals surface area contributed by atoms with Crippen LogP contribution < -0.4 is 10.6 Å². The lowest BCUT2D eigenvalue weighted by Crippen LogP contribution is -2.49. The summed E-state index contributed by atoms with van der Waals surface area (Å²) in [5.74, 6) is -2.10. The van der Waals surface area contributed by atoms with E-state index in [1.807, 2.05) is 0 Å². The Labute approximate surface area is 114 Å². The number of carboxylic acids is 1. The van der Waals surface area contributed by atoms with E-state index < -0.39 is 28.0 Å². The number of carbonyl (C=O) groups is 2. The number of carboxylic acid groups (broad SMARTS) is 1. The molecule has 9 nitrogen and oxygen atoms in total. The van der Waals surface area contributed by atoms with Gasteiger partial charge in [-0.15, -0.1) is 0 Å². The molecule has 0 aliphatic carbocycles.